The summed E-state index contributed by atoms with van der Waals surface area (Å²) in [4.78, 5) is 11.4. The zero-order valence-corrected chi connectivity index (χ0v) is 11.0. The highest BCUT2D eigenvalue weighted by molar-refractivity contribution is 5.23. The van der Waals surface area contributed by atoms with Crippen LogP contribution in [0.25, 0.3) is 0 Å². The minimum absolute atomic E-state index is 0.141. The monoisotopic (exact) mass is 252 g/mol. The second kappa shape index (κ2) is 5.93. The molecule has 3 nitrogen and oxygen atoms in total. The molecule has 0 aliphatic carbocycles. The van der Waals surface area contributed by atoms with Crippen LogP contribution < -0.4 is 0 Å². The van der Waals surface area contributed by atoms with Crippen molar-refractivity contribution in [1.29, 1.82) is 0 Å². The van der Waals surface area contributed by atoms with E-state index in [1.54, 1.807) is 0 Å². The Morgan fingerprint density at radius 1 is 1.00 bits per heavy atom. The highest BCUT2D eigenvalue weighted by Gasteiger charge is 2.25. The van der Waals surface area contributed by atoms with E-state index in [4.69, 9.17) is 0 Å². The lowest BCUT2D eigenvalue weighted by Crippen LogP contribution is -2.35. The standard InChI is InChI=1S/C16H18N3/c1-3-8-14(9-4-1)15(16-17-10-7-11-18-16)19-12-5-2-6-13-19/h1,3-4,7-8,10-11,15H,2,5-6,12-13H2. The van der Waals surface area contributed by atoms with Crippen molar-refractivity contribution in [2.24, 2.45) is 0 Å². The van der Waals surface area contributed by atoms with Gasteiger partial charge in [0.2, 0.25) is 0 Å². The van der Waals surface area contributed by atoms with Crippen molar-refractivity contribution in [2.75, 3.05) is 13.1 Å². The molecule has 0 saturated carbocycles. The van der Waals surface area contributed by atoms with Gasteiger partial charge in [0.25, 0.3) is 0 Å². The van der Waals surface area contributed by atoms with Crippen molar-refractivity contribution in [2.45, 2.75) is 25.3 Å². The van der Waals surface area contributed by atoms with Crippen LogP contribution in [0.5, 0.6) is 0 Å². The van der Waals surface area contributed by atoms with Gasteiger partial charge < -0.3 is 0 Å². The van der Waals surface area contributed by atoms with Crippen molar-refractivity contribution < 1.29 is 0 Å². The fraction of sp³-hybridized carbons (Fsp3) is 0.375. The average Bonchev–Trinajstić information content (AvgIpc) is 2.51. The second-order valence-corrected chi connectivity index (χ2v) is 4.92. The van der Waals surface area contributed by atoms with Crippen LogP contribution in [0.1, 0.15) is 36.7 Å². The molecule has 97 valence electrons. The lowest BCUT2D eigenvalue weighted by atomic mass is 10.0. The summed E-state index contributed by atoms with van der Waals surface area (Å²) in [5.41, 5.74) is 1.16. The van der Waals surface area contributed by atoms with Crippen LogP contribution in [0.3, 0.4) is 0 Å². The van der Waals surface area contributed by atoms with Gasteiger partial charge in [0.15, 0.2) is 0 Å². The molecule has 1 unspecified atom stereocenters. The Kier molecular flexibility index (Phi) is 3.84. The van der Waals surface area contributed by atoms with Crippen LogP contribution in [0, 0.1) is 6.07 Å². The summed E-state index contributed by atoms with van der Waals surface area (Å²) in [5, 5.41) is 0. The average molecular weight is 252 g/mol. The van der Waals surface area contributed by atoms with Gasteiger partial charge >= 0.3 is 0 Å². The largest absolute Gasteiger partial charge is 0.290 e. The Hall–Kier alpha value is -1.74. The molecular weight excluding hydrogens is 234 g/mol. The summed E-state index contributed by atoms with van der Waals surface area (Å²) in [5.74, 6) is 0.881. The first-order valence-electron chi connectivity index (χ1n) is 6.93. The van der Waals surface area contributed by atoms with E-state index in [9.17, 15) is 0 Å². The van der Waals surface area contributed by atoms with Crippen molar-refractivity contribution in [3.8, 4) is 0 Å². The van der Waals surface area contributed by atoms with Crippen LogP contribution in [0.2, 0.25) is 0 Å². The molecular formula is C16H18N3. The van der Waals surface area contributed by atoms with Crippen LogP contribution in [-0.4, -0.2) is 28.0 Å². The Morgan fingerprint density at radius 3 is 2.47 bits per heavy atom. The number of nitrogens with zero attached hydrogens (tertiary/aromatic N) is 3. The molecule has 2 heterocycles. The topological polar surface area (TPSA) is 29.0 Å². The molecule has 0 amide bonds. The smallest absolute Gasteiger partial charge is 0.149 e. The van der Waals surface area contributed by atoms with E-state index in [-0.39, 0.29) is 6.04 Å². The molecule has 1 saturated heterocycles. The van der Waals surface area contributed by atoms with Gasteiger partial charge in [-0.3, -0.25) is 4.90 Å². The molecule has 1 aromatic carbocycles. The number of piperidine rings is 1. The maximum Gasteiger partial charge on any atom is 0.149 e. The van der Waals surface area contributed by atoms with E-state index < -0.39 is 0 Å². The zero-order valence-electron chi connectivity index (χ0n) is 11.0. The summed E-state index contributed by atoms with van der Waals surface area (Å²) < 4.78 is 0. The molecule has 0 spiro atoms. The fourth-order valence-corrected chi connectivity index (χ4v) is 2.70. The molecule has 2 aromatic rings. The van der Waals surface area contributed by atoms with E-state index in [1.165, 1.54) is 19.3 Å². The van der Waals surface area contributed by atoms with Crippen LogP contribution in [-0.2, 0) is 0 Å². The first kappa shape index (κ1) is 12.3. The quantitative estimate of drug-likeness (QED) is 0.841. The Morgan fingerprint density at radius 2 is 1.79 bits per heavy atom. The molecule has 1 aromatic heterocycles. The summed E-state index contributed by atoms with van der Waals surface area (Å²) in [7, 11) is 0. The highest BCUT2D eigenvalue weighted by atomic mass is 15.2. The predicted molar refractivity (Wildman–Crippen MR) is 74.6 cm³/mol. The first-order valence-corrected chi connectivity index (χ1v) is 6.93. The van der Waals surface area contributed by atoms with Gasteiger partial charge in [0, 0.05) is 12.4 Å². The molecule has 0 bridgehead atoms. The van der Waals surface area contributed by atoms with Crippen molar-refractivity contribution in [1.82, 2.24) is 14.9 Å². The van der Waals surface area contributed by atoms with Gasteiger partial charge in [0.1, 0.15) is 5.82 Å². The molecule has 3 heteroatoms. The maximum absolute atomic E-state index is 4.46. The fourth-order valence-electron chi connectivity index (χ4n) is 2.70. The summed E-state index contributed by atoms with van der Waals surface area (Å²) in [6.07, 6.45) is 7.49. The normalized spacial score (nSPS) is 18.1. The number of rotatable bonds is 3. The van der Waals surface area contributed by atoms with Gasteiger partial charge in [0.05, 0.1) is 6.04 Å². The molecule has 1 radical (unpaired) electrons. The third kappa shape index (κ3) is 2.82. The van der Waals surface area contributed by atoms with Gasteiger partial charge in [-0.1, -0.05) is 30.7 Å². The molecule has 1 aliphatic heterocycles. The molecule has 0 N–H and O–H groups in total. The van der Waals surface area contributed by atoms with Crippen LogP contribution in [0.4, 0.5) is 0 Å². The predicted octanol–water partition coefficient (Wildman–Crippen LogP) is 2.85. The van der Waals surface area contributed by atoms with Crippen LogP contribution in [0.15, 0.2) is 42.7 Å². The number of benzene rings is 1. The lowest BCUT2D eigenvalue weighted by Gasteiger charge is -2.33. The summed E-state index contributed by atoms with van der Waals surface area (Å²) in [6, 6.07) is 13.5. The first-order chi connectivity index (χ1) is 9.45. The molecule has 1 fully saturated rings. The van der Waals surface area contributed by atoms with E-state index >= 15 is 0 Å². The number of hydrogen-bond acceptors (Lipinski definition) is 3. The lowest BCUT2D eigenvalue weighted by molar-refractivity contribution is 0.181. The van der Waals surface area contributed by atoms with Gasteiger partial charge in [-0.25, -0.2) is 9.97 Å². The Bertz CT molecular complexity index is 452. The maximum atomic E-state index is 4.46. The third-order valence-corrected chi connectivity index (χ3v) is 3.61. The van der Waals surface area contributed by atoms with Gasteiger partial charge in [-0.05, 0) is 43.6 Å². The van der Waals surface area contributed by atoms with Gasteiger partial charge in [-0.15, -0.1) is 0 Å². The SMILES string of the molecule is [c]1ccccc1C(c1ncccn1)N1CCCCC1. The molecule has 19 heavy (non-hydrogen) atoms. The Labute approximate surface area is 114 Å². The van der Waals surface area contributed by atoms with Crippen molar-refractivity contribution in [3.05, 3.63) is 60.2 Å². The van der Waals surface area contributed by atoms with E-state index in [0.29, 0.717) is 0 Å². The molecule has 1 atom stereocenters. The number of likely N-dealkylation sites (tertiary alicyclic amines) is 1. The van der Waals surface area contributed by atoms with E-state index in [1.807, 2.05) is 30.6 Å². The van der Waals surface area contributed by atoms with Gasteiger partial charge in [-0.2, -0.15) is 0 Å². The van der Waals surface area contributed by atoms with E-state index in [0.717, 1.165) is 24.5 Å². The highest BCUT2D eigenvalue weighted by Crippen LogP contribution is 2.28. The third-order valence-electron chi connectivity index (χ3n) is 3.61. The van der Waals surface area contributed by atoms with Crippen molar-refractivity contribution >= 4 is 0 Å². The summed E-state index contributed by atoms with van der Waals surface area (Å²) >= 11 is 0. The van der Waals surface area contributed by atoms with Crippen molar-refractivity contribution in [3.63, 3.8) is 0 Å². The molecule has 1 aliphatic rings. The zero-order chi connectivity index (χ0) is 12.9. The number of aromatic nitrogens is 2. The Balaban J connectivity index is 1.96. The van der Waals surface area contributed by atoms with E-state index in [2.05, 4.69) is 33.1 Å². The van der Waals surface area contributed by atoms with Crippen LogP contribution >= 0.6 is 0 Å². The number of hydrogen-bond donors (Lipinski definition) is 0. The minimum atomic E-state index is 0.141. The second-order valence-electron chi connectivity index (χ2n) is 4.92. The minimum Gasteiger partial charge on any atom is -0.290 e. The summed E-state index contributed by atoms with van der Waals surface area (Å²) in [6.45, 7) is 2.23. The molecule has 3 rings (SSSR count).